The summed E-state index contributed by atoms with van der Waals surface area (Å²) in [7, 11) is -0.182. The van der Waals surface area contributed by atoms with Crippen LogP contribution >= 0.6 is 10.0 Å². The summed E-state index contributed by atoms with van der Waals surface area (Å²) in [5, 5.41) is 0. The highest BCUT2D eigenvalue weighted by Gasteiger charge is 2.07. The summed E-state index contributed by atoms with van der Waals surface area (Å²) in [6.07, 6.45) is 7.62. The molecule has 1 heteroatoms. The van der Waals surface area contributed by atoms with Gasteiger partial charge in [-0.05, 0) is 36.9 Å². The molecule has 0 aromatic rings. The number of rotatable bonds is 4. The van der Waals surface area contributed by atoms with Crippen molar-refractivity contribution in [3.8, 4) is 0 Å². The summed E-state index contributed by atoms with van der Waals surface area (Å²) in [4.78, 5) is 0. The third kappa shape index (κ3) is 4.83. The highest BCUT2D eigenvalue weighted by atomic mass is 32.3. The lowest BCUT2D eigenvalue weighted by Gasteiger charge is -2.29. The van der Waals surface area contributed by atoms with Crippen molar-refractivity contribution in [1.82, 2.24) is 0 Å². The van der Waals surface area contributed by atoms with E-state index in [1.54, 1.807) is 0 Å². The summed E-state index contributed by atoms with van der Waals surface area (Å²) in [5.74, 6) is 2.92. The van der Waals surface area contributed by atoms with Crippen molar-refractivity contribution < 1.29 is 0 Å². The third-order valence-electron chi connectivity index (χ3n) is 1.51. The van der Waals surface area contributed by atoms with Gasteiger partial charge in [-0.2, -0.15) is 0 Å². The topological polar surface area (TPSA) is 0 Å². The average molecular weight is 148 g/mol. The first kappa shape index (κ1) is 9.35. The Morgan fingerprint density at radius 3 is 1.44 bits per heavy atom. The lowest BCUT2D eigenvalue weighted by atomic mass is 10.6. The van der Waals surface area contributed by atoms with Crippen LogP contribution in [-0.4, -0.2) is 24.0 Å². The Bertz CT molecular complexity index is 59.0. The minimum absolute atomic E-state index is 0.182. The van der Waals surface area contributed by atoms with Gasteiger partial charge < -0.3 is 0 Å². The zero-order valence-corrected chi connectivity index (χ0v) is 8.05. The van der Waals surface area contributed by atoms with Gasteiger partial charge in [0.05, 0.1) is 0 Å². The maximum atomic E-state index is 2.44. The van der Waals surface area contributed by atoms with E-state index in [9.17, 15) is 0 Å². The normalized spacial score (nSPS) is 13.8. The third-order valence-corrected chi connectivity index (χ3v) is 4.54. The molecule has 0 bridgehead atoms. The van der Waals surface area contributed by atoms with E-state index < -0.39 is 0 Å². The molecule has 0 aromatic carbocycles. The van der Waals surface area contributed by atoms with E-state index in [-0.39, 0.29) is 10.0 Å². The Hall–Kier alpha value is 0.350. The van der Waals surface area contributed by atoms with Gasteiger partial charge in [0.25, 0.3) is 0 Å². The van der Waals surface area contributed by atoms with E-state index in [1.807, 2.05) is 0 Å². The van der Waals surface area contributed by atoms with Crippen molar-refractivity contribution in [3.63, 3.8) is 0 Å². The molecule has 0 saturated carbocycles. The van der Waals surface area contributed by atoms with Gasteiger partial charge in [-0.3, -0.25) is 0 Å². The molecule has 0 heterocycles. The van der Waals surface area contributed by atoms with Gasteiger partial charge in [-0.15, -0.1) is 0 Å². The van der Waals surface area contributed by atoms with Crippen LogP contribution in [0.15, 0.2) is 0 Å². The van der Waals surface area contributed by atoms with E-state index in [0.29, 0.717) is 0 Å². The summed E-state index contributed by atoms with van der Waals surface area (Å²) < 4.78 is 0. The average Bonchev–Trinajstić information content (AvgIpc) is 1.64. The first-order chi connectivity index (χ1) is 4.12. The second-order valence-electron chi connectivity index (χ2n) is 3.18. The van der Waals surface area contributed by atoms with Crippen LogP contribution in [0, 0.1) is 0 Å². The standard InChI is InChI=1S/C8H20S/c1-5-7-9(3,4)8-6-2/h5-8H2,1-4H3. The molecule has 0 amide bonds. The fourth-order valence-electron chi connectivity index (χ4n) is 1.21. The Labute approximate surface area is 61.4 Å². The minimum Gasteiger partial charge on any atom is -0.247 e. The lowest BCUT2D eigenvalue weighted by molar-refractivity contribution is 1.06. The molecule has 0 nitrogen and oxygen atoms in total. The summed E-state index contributed by atoms with van der Waals surface area (Å²) in [5.41, 5.74) is 0. The lowest BCUT2D eigenvalue weighted by Crippen LogP contribution is -2.04. The van der Waals surface area contributed by atoms with E-state index >= 15 is 0 Å². The van der Waals surface area contributed by atoms with Crippen molar-refractivity contribution in [2.24, 2.45) is 0 Å². The monoisotopic (exact) mass is 148 g/mol. The van der Waals surface area contributed by atoms with Gasteiger partial charge in [0, 0.05) is 0 Å². The van der Waals surface area contributed by atoms with Crippen molar-refractivity contribution in [2.45, 2.75) is 26.7 Å². The molecule has 0 aliphatic rings. The Balaban J connectivity index is 3.43. The minimum atomic E-state index is -0.182. The summed E-state index contributed by atoms with van der Waals surface area (Å²) >= 11 is 0. The van der Waals surface area contributed by atoms with Gasteiger partial charge in [0.15, 0.2) is 0 Å². The molecule has 9 heavy (non-hydrogen) atoms. The van der Waals surface area contributed by atoms with Gasteiger partial charge in [0.2, 0.25) is 0 Å². The molecule has 0 unspecified atom stereocenters. The maximum absolute atomic E-state index is 2.44. The van der Waals surface area contributed by atoms with Crippen LogP contribution in [0.25, 0.3) is 0 Å². The summed E-state index contributed by atoms with van der Waals surface area (Å²) in [6, 6.07) is 0. The molecule has 0 aliphatic carbocycles. The highest BCUT2D eigenvalue weighted by Crippen LogP contribution is 2.40. The molecule has 0 fully saturated rings. The molecule has 0 spiro atoms. The molecule has 0 aliphatic heterocycles. The predicted octanol–water partition coefficient (Wildman–Crippen LogP) is 2.87. The fourth-order valence-corrected chi connectivity index (χ4v) is 3.62. The molecular formula is C8H20S. The first-order valence-corrected chi connectivity index (χ1v) is 6.60. The van der Waals surface area contributed by atoms with Gasteiger partial charge in [-0.1, -0.05) is 13.8 Å². The zero-order chi connectivity index (χ0) is 7.33. The van der Waals surface area contributed by atoms with Crippen molar-refractivity contribution in [3.05, 3.63) is 0 Å². The van der Waals surface area contributed by atoms with Crippen LogP contribution in [-0.2, 0) is 0 Å². The Kier molecular flexibility index (Phi) is 4.37. The number of hydrogen-bond acceptors (Lipinski definition) is 0. The van der Waals surface area contributed by atoms with Crippen LogP contribution < -0.4 is 0 Å². The Morgan fingerprint density at radius 1 is 0.889 bits per heavy atom. The second kappa shape index (κ2) is 4.21. The van der Waals surface area contributed by atoms with E-state index in [4.69, 9.17) is 0 Å². The molecule has 0 radical (unpaired) electrons. The van der Waals surface area contributed by atoms with Gasteiger partial charge in [0.1, 0.15) is 0 Å². The van der Waals surface area contributed by atoms with Crippen LogP contribution in [0.5, 0.6) is 0 Å². The van der Waals surface area contributed by atoms with Gasteiger partial charge >= 0.3 is 0 Å². The first-order valence-electron chi connectivity index (χ1n) is 3.81. The number of hydrogen-bond donors (Lipinski definition) is 0. The largest absolute Gasteiger partial charge is 0.247 e. The van der Waals surface area contributed by atoms with Gasteiger partial charge in [-0.25, -0.2) is 10.0 Å². The van der Waals surface area contributed by atoms with Crippen LogP contribution in [0.1, 0.15) is 26.7 Å². The van der Waals surface area contributed by atoms with Crippen molar-refractivity contribution in [1.29, 1.82) is 0 Å². The molecular weight excluding hydrogens is 128 g/mol. The fraction of sp³-hybridized carbons (Fsp3) is 1.00. The Morgan fingerprint density at radius 2 is 1.22 bits per heavy atom. The molecule has 0 rings (SSSR count). The van der Waals surface area contributed by atoms with E-state index in [1.165, 1.54) is 24.3 Å². The quantitative estimate of drug-likeness (QED) is 0.575. The molecule has 0 N–H and O–H groups in total. The van der Waals surface area contributed by atoms with Crippen LogP contribution in [0.3, 0.4) is 0 Å². The molecule has 0 aromatic heterocycles. The molecule has 0 saturated heterocycles. The van der Waals surface area contributed by atoms with Crippen molar-refractivity contribution >= 4 is 10.0 Å². The smallest absolute Gasteiger partial charge is 0.0235 e. The van der Waals surface area contributed by atoms with E-state index in [0.717, 1.165) is 0 Å². The highest BCUT2D eigenvalue weighted by molar-refractivity contribution is 8.32. The van der Waals surface area contributed by atoms with Crippen molar-refractivity contribution in [2.75, 3.05) is 24.0 Å². The summed E-state index contributed by atoms with van der Waals surface area (Å²) in [6.45, 7) is 4.56. The second-order valence-corrected chi connectivity index (χ2v) is 7.53. The zero-order valence-electron chi connectivity index (χ0n) is 7.24. The predicted molar refractivity (Wildman–Crippen MR) is 49.8 cm³/mol. The maximum Gasteiger partial charge on any atom is -0.0235 e. The van der Waals surface area contributed by atoms with Crippen LogP contribution in [0.2, 0.25) is 0 Å². The molecule has 58 valence electrons. The van der Waals surface area contributed by atoms with Crippen LogP contribution in [0.4, 0.5) is 0 Å². The SMILES string of the molecule is CCCS(C)(C)CCC. The molecule has 0 atom stereocenters. The van der Waals surface area contributed by atoms with E-state index in [2.05, 4.69) is 26.4 Å².